The van der Waals surface area contributed by atoms with Crippen LogP contribution >= 0.6 is 0 Å². The van der Waals surface area contributed by atoms with Gasteiger partial charge in [-0.25, -0.2) is 23.5 Å². The number of rotatable bonds is 14. The van der Waals surface area contributed by atoms with E-state index in [2.05, 4.69) is 6.58 Å². The van der Waals surface area contributed by atoms with E-state index in [4.69, 9.17) is 4.74 Å². The number of hydrogen-bond acceptors (Lipinski definition) is 4. The quantitative estimate of drug-likeness (QED) is 0.395. The van der Waals surface area contributed by atoms with E-state index in [1.807, 2.05) is 20.8 Å². The third-order valence-electron chi connectivity index (χ3n) is 5.11. The average Bonchev–Trinajstić information content (AvgIpc) is 2.82. The predicted octanol–water partition coefficient (Wildman–Crippen LogP) is 2.30. The Balaban J connectivity index is 2.69. The summed E-state index contributed by atoms with van der Waals surface area (Å²) in [6.45, 7) is 12.0. The molecule has 1 aromatic rings. The molecule has 0 fully saturated rings. The molecule has 0 radical (unpaired) electrons. The van der Waals surface area contributed by atoms with Crippen molar-refractivity contribution in [3.63, 3.8) is 0 Å². The molecule has 156 valence electrons. The molecule has 0 spiro atoms. The Morgan fingerprint density at radius 3 is 2.30 bits per heavy atom. The second kappa shape index (κ2) is 11.3. The van der Waals surface area contributed by atoms with Crippen molar-refractivity contribution >= 4 is 0 Å². The monoisotopic (exact) mass is 383 g/mol. The summed E-state index contributed by atoms with van der Waals surface area (Å²) in [4.78, 5) is 24.8. The fraction of sp³-hybridized carbons (Fsp3) is 0.800. The molecule has 0 aliphatic rings. The lowest BCUT2D eigenvalue weighted by molar-refractivity contribution is 0.0394. The third-order valence-corrected chi connectivity index (χ3v) is 5.11. The van der Waals surface area contributed by atoms with Crippen LogP contribution in [0.3, 0.4) is 0 Å². The third kappa shape index (κ3) is 6.81. The van der Waals surface area contributed by atoms with Crippen molar-refractivity contribution in [2.24, 2.45) is 12.5 Å². The van der Waals surface area contributed by atoms with Gasteiger partial charge in [-0.15, -0.1) is 6.58 Å². The highest BCUT2D eigenvalue weighted by Gasteiger charge is 2.26. The van der Waals surface area contributed by atoms with Crippen LogP contribution in [0.15, 0.2) is 22.2 Å². The molecule has 0 aromatic carbocycles. The molecule has 1 heterocycles. The topological polar surface area (TPSA) is 78.4 Å². The van der Waals surface area contributed by atoms with Crippen LogP contribution in [0.25, 0.3) is 0 Å². The average molecular weight is 384 g/mol. The molecule has 1 atom stereocenters. The Hall–Kier alpha value is -1.60. The molecular weight excluding hydrogens is 346 g/mol. The van der Waals surface area contributed by atoms with Crippen molar-refractivity contribution in [1.29, 1.82) is 0 Å². The van der Waals surface area contributed by atoms with Crippen LogP contribution in [0.2, 0.25) is 0 Å². The Morgan fingerprint density at radius 1 is 1.11 bits per heavy atom. The molecule has 1 rings (SSSR count). The molecular formula is C20H37N3O4. The van der Waals surface area contributed by atoms with Gasteiger partial charge in [-0.05, 0) is 38.0 Å². The first kappa shape index (κ1) is 23.4. The molecule has 0 saturated heterocycles. The molecule has 0 bridgehead atoms. The summed E-state index contributed by atoms with van der Waals surface area (Å²) in [5.41, 5.74) is -0.939. The second-order valence-corrected chi connectivity index (χ2v) is 7.77. The fourth-order valence-corrected chi connectivity index (χ4v) is 3.17. The van der Waals surface area contributed by atoms with Crippen LogP contribution < -0.4 is 11.4 Å². The maximum atomic E-state index is 12.4. The van der Waals surface area contributed by atoms with Gasteiger partial charge in [-0.2, -0.15) is 0 Å². The lowest BCUT2D eigenvalue weighted by Crippen LogP contribution is -2.33. The SMILES string of the molecule is C=CCC(C)(C)C(O)CCn1c(=O)n(C)c(=O)n1CCCCCCOCC. The molecule has 1 aromatic heterocycles. The lowest BCUT2D eigenvalue weighted by atomic mass is 9.82. The summed E-state index contributed by atoms with van der Waals surface area (Å²) in [7, 11) is 1.50. The summed E-state index contributed by atoms with van der Waals surface area (Å²) in [5.74, 6) is 0. The first-order valence-corrected chi connectivity index (χ1v) is 9.99. The van der Waals surface area contributed by atoms with E-state index < -0.39 is 6.10 Å². The fourth-order valence-electron chi connectivity index (χ4n) is 3.17. The minimum absolute atomic E-state index is 0.297. The molecule has 0 saturated carbocycles. The highest BCUT2D eigenvalue weighted by Crippen LogP contribution is 2.27. The minimum atomic E-state index is -0.579. The van der Waals surface area contributed by atoms with Gasteiger partial charge in [0.25, 0.3) is 0 Å². The molecule has 0 amide bonds. The number of aromatic nitrogens is 3. The molecule has 1 unspecified atom stereocenters. The van der Waals surface area contributed by atoms with Gasteiger partial charge in [-0.1, -0.05) is 32.8 Å². The first-order chi connectivity index (χ1) is 12.8. The largest absolute Gasteiger partial charge is 0.392 e. The number of ether oxygens (including phenoxy) is 1. The first-order valence-electron chi connectivity index (χ1n) is 9.99. The van der Waals surface area contributed by atoms with Crippen LogP contribution in [0.1, 0.15) is 59.3 Å². The molecule has 1 N–H and O–H groups in total. The van der Waals surface area contributed by atoms with Crippen molar-refractivity contribution in [1.82, 2.24) is 13.9 Å². The predicted molar refractivity (Wildman–Crippen MR) is 108 cm³/mol. The highest BCUT2D eigenvalue weighted by atomic mass is 16.5. The van der Waals surface area contributed by atoms with E-state index >= 15 is 0 Å². The van der Waals surface area contributed by atoms with Gasteiger partial charge in [0.1, 0.15) is 0 Å². The van der Waals surface area contributed by atoms with Gasteiger partial charge in [0.2, 0.25) is 0 Å². The summed E-state index contributed by atoms with van der Waals surface area (Å²) < 4.78 is 9.44. The molecule has 7 heteroatoms. The molecule has 0 aliphatic heterocycles. The zero-order chi connectivity index (χ0) is 20.4. The lowest BCUT2D eigenvalue weighted by Gasteiger charge is -2.29. The van der Waals surface area contributed by atoms with Crippen LogP contribution in [0.4, 0.5) is 0 Å². The number of unbranched alkanes of at least 4 members (excludes halogenated alkanes) is 3. The zero-order valence-corrected chi connectivity index (χ0v) is 17.4. The smallest absolute Gasteiger partial charge is 0.346 e. The van der Waals surface area contributed by atoms with Crippen LogP contribution in [-0.2, 0) is 24.9 Å². The molecule has 7 nitrogen and oxygen atoms in total. The Kier molecular flexibility index (Phi) is 9.80. The minimum Gasteiger partial charge on any atom is -0.392 e. The van der Waals surface area contributed by atoms with Gasteiger partial charge in [-0.3, -0.25) is 0 Å². The van der Waals surface area contributed by atoms with Crippen molar-refractivity contribution in [3.8, 4) is 0 Å². The maximum Gasteiger partial charge on any atom is 0.346 e. The van der Waals surface area contributed by atoms with Crippen LogP contribution in [0, 0.1) is 5.41 Å². The summed E-state index contributed by atoms with van der Waals surface area (Å²) in [6, 6.07) is 0. The maximum absolute atomic E-state index is 12.4. The number of aliphatic hydroxyl groups is 1. The summed E-state index contributed by atoms with van der Waals surface area (Å²) >= 11 is 0. The van der Waals surface area contributed by atoms with Crippen molar-refractivity contribution in [3.05, 3.63) is 33.6 Å². The van der Waals surface area contributed by atoms with Gasteiger partial charge in [0, 0.05) is 33.4 Å². The van der Waals surface area contributed by atoms with E-state index in [1.165, 1.54) is 16.4 Å². The number of hydrogen-bond donors (Lipinski definition) is 1. The Morgan fingerprint density at radius 2 is 1.70 bits per heavy atom. The Labute approximate surface area is 162 Å². The molecule has 27 heavy (non-hydrogen) atoms. The van der Waals surface area contributed by atoms with E-state index in [0.717, 1.165) is 43.5 Å². The highest BCUT2D eigenvalue weighted by molar-refractivity contribution is 4.85. The second-order valence-electron chi connectivity index (χ2n) is 7.77. The van der Waals surface area contributed by atoms with Crippen LogP contribution in [-0.4, -0.2) is 38.4 Å². The zero-order valence-electron chi connectivity index (χ0n) is 17.4. The van der Waals surface area contributed by atoms with Gasteiger partial charge in [0.05, 0.1) is 6.10 Å². The normalized spacial score (nSPS) is 13.1. The van der Waals surface area contributed by atoms with Crippen molar-refractivity contribution in [2.75, 3.05) is 13.2 Å². The van der Waals surface area contributed by atoms with Crippen LogP contribution in [0.5, 0.6) is 0 Å². The standard InChI is InChI=1S/C20H37N3O4/c1-6-13-20(3,4)17(24)12-15-23-19(26)21(5)18(25)22(23)14-10-8-9-11-16-27-7-2/h6,17,24H,1,7-16H2,2-5H3. The van der Waals surface area contributed by atoms with Gasteiger partial charge < -0.3 is 9.84 Å². The number of allylic oxidation sites excluding steroid dienone is 1. The number of nitrogens with zero attached hydrogens (tertiary/aromatic N) is 3. The van der Waals surface area contributed by atoms with Crippen molar-refractivity contribution < 1.29 is 9.84 Å². The molecule has 0 aliphatic carbocycles. The van der Waals surface area contributed by atoms with E-state index in [-0.39, 0.29) is 16.8 Å². The van der Waals surface area contributed by atoms with Gasteiger partial charge in [0.15, 0.2) is 0 Å². The summed E-state index contributed by atoms with van der Waals surface area (Å²) in [5, 5.41) is 10.5. The van der Waals surface area contributed by atoms with Gasteiger partial charge >= 0.3 is 11.4 Å². The summed E-state index contributed by atoms with van der Waals surface area (Å²) in [6.07, 6.45) is 6.18. The van der Waals surface area contributed by atoms with E-state index in [1.54, 1.807) is 6.08 Å². The number of aliphatic hydroxyl groups excluding tert-OH is 1. The van der Waals surface area contributed by atoms with E-state index in [0.29, 0.717) is 25.9 Å². The Bertz CT molecular complexity index is 684. The van der Waals surface area contributed by atoms with Crippen molar-refractivity contribution in [2.45, 2.75) is 78.5 Å². The van der Waals surface area contributed by atoms with E-state index in [9.17, 15) is 14.7 Å².